The normalized spacial score (nSPS) is 10.8. The second kappa shape index (κ2) is 6.16. The molecule has 0 unspecified atom stereocenters. The van der Waals surface area contributed by atoms with Crippen molar-refractivity contribution in [2.45, 2.75) is 27.7 Å². The minimum Gasteiger partial charge on any atom is -0.494 e. The van der Waals surface area contributed by atoms with Crippen LogP contribution >= 0.6 is 0 Å². The summed E-state index contributed by atoms with van der Waals surface area (Å²) >= 11 is 0. The zero-order valence-electron chi connectivity index (χ0n) is 13.7. The van der Waals surface area contributed by atoms with Crippen LogP contribution in [0.3, 0.4) is 0 Å². The fraction of sp³-hybridized carbons (Fsp3) is 0.294. The Morgan fingerprint density at radius 2 is 1.61 bits per heavy atom. The van der Waals surface area contributed by atoms with Gasteiger partial charge in [-0.05, 0) is 52.0 Å². The Morgan fingerprint density at radius 1 is 0.913 bits per heavy atom. The molecule has 2 heterocycles. The first kappa shape index (κ1) is 15.1. The van der Waals surface area contributed by atoms with Crippen LogP contribution < -0.4 is 10.1 Å². The van der Waals surface area contributed by atoms with Gasteiger partial charge in [-0.15, -0.1) is 0 Å². The highest BCUT2D eigenvalue weighted by molar-refractivity contribution is 5.83. The van der Waals surface area contributed by atoms with E-state index in [-0.39, 0.29) is 0 Å². The van der Waals surface area contributed by atoms with Gasteiger partial charge in [-0.3, -0.25) is 5.32 Å². The number of aryl methyl sites for hydroxylation is 3. The molecule has 6 nitrogen and oxygen atoms in total. The fourth-order valence-corrected chi connectivity index (χ4v) is 2.45. The number of ether oxygens (including phenoxy) is 1. The maximum Gasteiger partial charge on any atom is 0.230 e. The van der Waals surface area contributed by atoms with E-state index in [4.69, 9.17) is 4.74 Å². The molecule has 0 atom stereocenters. The number of aromatic nitrogens is 4. The van der Waals surface area contributed by atoms with Crippen LogP contribution in [-0.2, 0) is 0 Å². The number of nitrogens with zero attached hydrogens (tertiary/aromatic N) is 4. The Hall–Kier alpha value is -2.76. The van der Waals surface area contributed by atoms with Crippen LogP contribution in [0.1, 0.15) is 24.0 Å². The summed E-state index contributed by atoms with van der Waals surface area (Å²) in [5.41, 5.74) is 3.54. The van der Waals surface area contributed by atoms with E-state index in [1.165, 1.54) is 0 Å². The number of benzene rings is 1. The van der Waals surface area contributed by atoms with E-state index < -0.39 is 0 Å². The molecule has 0 radical (unpaired) electrons. The highest BCUT2D eigenvalue weighted by Crippen LogP contribution is 2.23. The molecule has 0 aliphatic carbocycles. The minimum atomic E-state index is 0.490. The topological polar surface area (TPSA) is 72.8 Å². The van der Waals surface area contributed by atoms with Gasteiger partial charge >= 0.3 is 0 Å². The highest BCUT2D eigenvalue weighted by atomic mass is 16.5. The molecule has 0 aliphatic rings. The van der Waals surface area contributed by atoms with E-state index in [0.29, 0.717) is 18.5 Å². The number of hydrogen-bond acceptors (Lipinski definition) is 6. The van der Waals surface area contributed by atoms with Gasteiger partial charge in [-0.1, -0.05) is 0 Å². The number of rotatable bonds is 4. The Bertz CT molecular complexity index is 843. The molecule has 0 bridgehead atoms. The van der Waals surface area contributed by atoms with Crippen LogP contribution in [-0.4, -0.2) is 26.5 Å². The van der Waals surface area contributed by atoms with Gasteiger partial charge in [0.2, 0.25) is 11.9 Å². The minimum absolute atomic E-state index is 0.490. The third kappa shape index (κ3) is 3.36. The number of hydrogen-bond donors (Lipinski definition) is 1. The quantitative estimate of drug-likeness (QED) is 0.795. The molecule has 23 heavy (non-hydrogen) atoms. The van der Waals surface area contributed by atoms with Gasteiger partial charge in [-0.2, -0.15) is 0 Å². The Labute approximate surface area is 135 Å². The van der Waals surface area contributed by atoms with Crippen molar-refractivity contribution in [2.75, 3.05) is 11.9 Å². The standard InChI is InChI=1S/C17H19N5O/c1-5-23-13-6-7-15-14(9-13)12(4)20-17(21-15)22-16-18-10(2)8-11(3)19-16/h6-9H,5H2,1-4H3,(H,18,19,20,21,22). The Balaban J connectivity index is 1.97. The fourth-order valence-electron chi connectivity index (χ4n) is 2.45. The summed E-state index contributed by atoms with van der Waals surface area (Å²) in [6.07, 6.45) is 0. The number of fused-ring (bicyclic) bond motifs is 1. The van der Waals surface area contributed by atoms with Crippen LogP contribution in [0, 0.1) is 20.8 Å². The van der Waals surface area contributed by atoms with Crippen LogP contribution in [0.2, 0.25) is 0 Å². The molecule has 0 spiro atoms. The number of nitrogens with one attached hydrogen (secondary N) is 1. The highest BCUT2D eigenvalue weighted by Gasteiger charge is 2.08. The smallest absolute Gasteiger partial charge is 0.230 e. The van der Waals surface area contributed by atoms with E-state index in [0.717, 1.165) is 33.7 Å². The average Bonchev–Trinajstić information content (AvgIpc) is 2.47. The lowest BCUT2D eigenvalue weighted by atomic mass is 10.2. The van der Waals surface area contributed by atoms with Crippen molar-refractivity contribution in [1.82, 2.24) is 19.9 Å². The van der Waals surface area contributed by atoms with Crippen LogP contribution in [0.5, 0.6) is 5.75 Å². The molecule has 6 heteroatoms. The van der Waals surface area contributed by atoms with Crippen LogP contribution in [0.25, 0.3) is 10.9 Å². The lowest BCUT2D eigenvalue weighted by Gasteiger charge is -2.09. The Morgan fingerprint density at radius 3 is 2.30 bits per heavy atom. The van der Waals surface area contributed by atoms with E-state index in [9.17, 15) is 0 Å². The lowest BCUT2D eigenvalue weighted by molar-refractivity contribution is 0.340. The van der Waals surface area contributed by atoms with Gasteiger partial charge in [0, 0.05) is 16.8 Å². The number of anilines is 2. The van der Waals surface area contributed by atoms with E-state index in [1.54, 1.807) is 0 Å². The molecule has 1 N–H and O–H groups in total. The van der Waals surface area contributed by atoms with Crippen molar-refractivity contribution in [3.63, 3.8) is 0 Å². The zero-order valence-corrected chi connectivity index (χ0v) is 13.7. The molecule has 0 saturated carbocycles. The van der Waals surface area contributed by atoms with Crippen molar-refractivity contribution in [1.29, 1.82) is 0 Å². The summed E-state index contributed by atoms with van der Waals surface area (Å²) in [4.78, 5) is 17.7. The molecular weight excluding hydrogens is 290 g/mol. The van der Waals surface area contributed by atoms with Crippen molar-refractivity contribution in [2.24, 2.45) is 0 Å². The van der Waals surface area contributed by atoms with Gasteiger partial charge in [0.05, 0.1) is 17.8 Å². The van der Waals surface area contributed by atoms with E-state index >= 15 is 0 Å². The van der Waals surface area contributed by atoms with Gasteiger partial charge in [-0.25, -0.2) is 19.9 Å². The molecule has 3 rings (SSSR count). The van der Waals surface area contributed by atoms with Gasteiger partial charge in [0.1, 0.15) is 5.75 Å². The monoisotopic (exact) mass is 309 g/mol. The van der Waals surface area contributed by atoms with Crippen molar-refractivity contribution in [3.05, 3.63) is 41.3 Å². The average molecular weight is 309 g/mol. The lowest BCUT2D eigenvalue weighted by Crippen LogP contribution is -2.04. The molecule has 2 aromatic heterocycles. The summed E-state index contributed by atoms with van der Waals surface area (Å²) < 4.78 is 5.53. The first-order chi connectivity index (χ1) is 11.0. The Kier molecular flexibility index (Phi) is 4.06. The molecule has 0 saturated heterocycles. The van der Waals surface area contributed by atoms with Gasteiger partial charge in [0.25, 0.3) is 0 Å². The first-order valence-electron chi connectivity index (χ1n) is 7.55. The summed E-state index contributed by atoms with van der Waals surface area (Å²) in [7, 11) is 0. The van der Waals surface area contributed by atoms with E-state index in [1.807, 2.05) is 52.0 Å². The molecule has 0 amide bonds. The third-order valence-corrected chi connectivity index (χ3v) is 3.37. The maximum atomic E-state index is 5.53. The van der Waals surface area contributed by atoms with E-state index in [2.05, 4.69) is 25.3 Å². The molecule has 118 valence electrons. The molecular formula is C17H19N5O. The molecule has 0 fully saturated rings. The first-order valence-corrected chi connectivity index (χ1v) is 7.55. The van der Waals surface area contributed by atoms with Crippen molar-refractivity contribution >= 4 is 22.8 Å². The molecule has 0 aliphatic heterocycles. The zero-order chi connectivity index (χ0) is 16.4. The summed E-state index contributed by atoms with van der Waals surface area (Å²) in [6, 6.07) is 7.73. The second-order valence-electron chi connectivity index (χ2n) is 5.34. The SMILES string of the molecule is CCOc1ccc2nc(Nc3nc(C)cc(C)n3)nc(C)c2c1. The summed E-state index contributed by atoms with van der Waals surface area (Å²) in [6.45, 7) is 8.41. The molecule has 1 aromatic carbocycles. The van der Waals surface area contributed by atoms with Crippen LogP contribution in [0.4, 0.5) is 11.9 Å². The largest absolute Gasteiger partial charge is 0.494 e. The maximum absolute atomic E-state index is 5.53. The third-order valence-electron chi connectivity index (χ3n) is 3.37. The second-order valence-corrected chi connectivity index (χ2v) is 5.34. The van der Waals surface area contributed by atoms with Crippen LogP contribution in [0.15, 0.2) is 24.3 Å². The van der Waals surface area contributed by atoms with Gasteiger partial charge < -0.3 is 4.74 Å². The van der Waals surface area contributed by atoms with Crippen molar-refractivity contribution in [3.8, 4) is 5.75 Å². The predicted octanol–water partition coefficient (Wildman–Crippen LogP) is 3.49. The molecule has 3 aromatic rings. The summed E-state index contributed by atoms with van der Waals surface area (Å²) in [5.74, 6) is 1.82. The van der Waals surface area contributed by atoms with Gasteiger partial charge in [0.15, 0.2) is 0 Å². The van der Waals surface area contributed by atoms with Crippen molar-refractivity contribution < 1.29 is 4.74 Å². The summed E-state index contributed by atoms with van der Waals surface area (Å²) in [5, 5.41) is 4.06. The predicted molar refractivity (Wildman–Crippen MR) is 90.2 cm³/mol.